The Balaban J connectivity index is 2.25. The van der Waals surface area contributed by atoms with E-state index >= 15 is 0 Å². The first-order valence-electron chi connectivity index (χ1n) is 3.72. The summed E-state index contributed by atoms with van der Waals surface area (Å²) in [5.41, 5.74) is 5.54. The predicted octanol–water partition coefficient (Wildman–Crippen LogP) is 0.906. The molecule has 13 heavy (non-hydrogen) atoms. The lowest BCUT2D eigenvalue weighted by Crippen LogP contribution is -2.19. The van der Waals surface area contributed by atoms with Crippen LogP contribution in [0.25, 0.3) is 0 Å². The molecule has 1 aliphatic rings. The Morgan fingerprint density at radius 1 is 1.38 bits per heavy atom. The number of amides is 2. The van der Waals surface area contributed by atoms with E-state index < -0.39 is 6.03 Å². The lowest BCUT2D eigenvalue weighted by molar-refractivity contribution is 0.174. The third-order valence-electron chi connectivity index (χ3n) is 1.64. The number of fused-ring (bicyclic) bond motifs is 1. The molecule has 1 aliphatic heterocycles. The summed E-state index contributed by atoms with van der Waals surface area (Å²) in [7, 11) is 0. The van der Waals surface area contributed by atoms with Gasteiger partial charge in [0.2, 0.25) is 6.79 Å². The zero-order valence-corrected chi connectivity index (χ0v) is 6.74. The minimum atomic E-state index is -0.598. The largest absolute Gasteiger partial charge is 0.454 e. The third-order valence-corrected chi connectivity index (χ3v) is 1.64. The Kier molecular flexibility index (Phi) is 1.70. The standard InChI is InChI=1S/C8H8N2O3/c9-8(11)10-5-1-2-6-7(3-5)13-4-12-6/h1-3H,4H2,(H3,9,10,11). The maximum atomic E-state index is 10.5. The molecule has 68 valence electrons. The number of carbonyl (C=O) groups is 1. The Morgan fingerprint density at radius 3 is 2.92 bits per heavy atom. The van der Waals surface area contributed by atoms with Gasteiger partial charge in [0.25, 0.3) is 0 Å². The number of hydrogen-bond donors (Lipinski definition) is 2. The zero-order valence-electron chi connectivity index (χ0n) is 6.74. The number of rotatable bonds is 1. The molecule has 0 saturated heterocycles. The fourth-order valence-electron chi connectivity index (χ4n) is 1.12. The SMILES string of the molecule is NC(=O)Nc1ccc2c(c1)OCO2. The number of benzene rings is 1. The van der Waals surface area contributed by atoms with E-state index in [1.807, 2.05) is 0 Å². The molecular weight excluding hydrogens is 172 g/mol. The Morgan fingerprint density at radius 2 is 2.15 bits per heavy atom. The molecule has 5 nitrogen and oxygen atoms in total. The normalized spacial score (nSPS) is 12.6. The molecule has 0 atom stereocenters. The molecule has 0 spiro atoms. The number of carbonyl (C=O) groups excluding carboxylic acids is 1. The number of primary amides is 1. The second-order valence-electron chi connectivity index (χ2n) is 2.56. The molecule has 1 aromatic carbocycles. The average molecular weight is 180 g/mol. The maximum Gasteiger partial charge on any atom is 0.316 e. The first-order valence-corrected chi connectivity index (χ1v) is 3.72. The summed E-state index contributed by atoms with van der Waals surface area (Å²) >= 11 is 0. The van der Waals surface area contributed by atoms with Crippen LogP contribution in [-0.4, -0.2) is 12.8 Å². The van der Waals surface area contributed by atoms with Gasteiger partial charge in [-0.15, -0.1) is 0 Å². The first-order chi connectivity index (χ1) is 6.25. The first kappa shape index (κ1) is 7.72. The van der Waals surface area contributed by atoms with Gasteiger partial charge in [0.05, 0.1) is 0 Å². The van der Waals surface area contributed by atoms with Crippen molar-refractivity contribution in [1.82, 2.24) is 0 Å². The third kappa shape index (κ3) is 1.48. The Hall–Kier alpha value is -1.91. The van der Waals surface area contributed by atoms with Crippen molar-refractivity contribution in [1.29, 1.82) is 0 Å². The van der Waals surface area contributed by atoms with E-state index in [-0.39, 0.29) is 6.79 Å². The number of anilines is 1. The highest BCUT2D eigenvalue weighted by molar-refractivity contribution is 5.88. The molecule has 0 saturated carbocycles. The second-order valence-corrected chi connectivity index (χ2v) is 2.56. The monoisotopic (exact) mass is 180 g/mol. The fourth-order valence-corrected chi connectivity index (χ4v) is 1.12. The molecule has 0 unspecified atom stereocenters. The van der Waals surface area contributed by atoms with Crippen LogP contribution in [0.1, 0.15) is 0 Å². The van der Waals surface area contributed by atoms with Gasteiger partial charge in [-0.2, -0.15) is 0 Å². The van der Waals surface area contributed by atoms with Gasteiger partial charge in [-0.05, 0) is 12.1 Å². The van der Waals surface area contributed by atoms with Crippen LogP contribution in [0.5, 0.6) is 11.5 Å². The Bertz CT molecular complexity index is 351. The van der Waals surface area contributed by atoms with Crippen LogP contribution < -0.4 is 20.5 Å². The summed E-state index contributed by atoms with van der Waals surface area (Å²) in [5, 5.41) is 2.44. The highest BCUT2D eigenvalue weighted by atomic mass is 16.7. The molecule has 0 bridgehead atoms. The molecule has 2 rings (SSSR count). The summed E-state index contributed by atoms with van der Waals surface area (Å²) in [4.78, 5) is 10.5. The van der Waals surface area contributed by atoms with Gasteiger partial charge in [-0.1, -0.05) is 0 Å². The van der Waals surface area contributed by atoms with E-state index in [4.69, 9.17) is 15.2 Å². The molecule has 3 N–H and O–H groups in total. The minimum absolute atomic E-state index is 0.218. The van der Waals surface area contributed by atoms with E-state index in [0.29, 0.717) is 17.2 Å². The van der Waals surface area contributed by atoms with Crippen LogP contribution in [0.2, 0.25) is 0 Å². The van der Waals surface area contributed by atoms with E-state index in [2.05, 4.69) is 5.32 Å². The topological polar surface area (TPSA) is 73.6 Å². The number of hydrogen-bond acceptors (Lipinski definition) is 3. The minimum Gasteiger partial charge on any atom is -0.454 e. The van der Waals surface area contributed by atoms with Gasteiger partial charge >= 0.3 is 6.03 Å². The van der Waals surface area contributed by atoms with Crippen molar-refractivity contribution in [2.75, 3.05) is 12.1 Å². The summed E-state index contributed by atoms with van der Waals surface area (Å²) < 4.78 is 10.2. The van der Waals surface area contributed by atoms with Crippen molar-refractivity contribution in [3.05, 3.63) is 18.2 Å². The zero-order chi connectivity index (χ0) is 9.26. The van der Waals surface area contributed by atoms with E-state index in [9.17, 15) is 4.79 Å². The van der Waals surface area contributed by atoms with Gasteiger partial charge in [0.1, 0.15) is 0 Å². The van der Waals surface area contributed by atoms with Crippen LogP contribution in [0.3, 0.4) is 0 Å². The van der Waals surface area contributed by atoms with Gasteiger partial charge in [-0.3, -0.25) is 0 Å². The fraction of sp³-hybridized carbons (Fsp3) is 0.125. The Labute approximate surface area is 74.4 Å². The summed E-state index contributed by atoms with van der Waals surface area (Å²) in [5.74, 6) is 1.29. The van der Waals surface area contributed by atoms with Crippen molar-refractivity contribution >= 4 is 11.7 Å². The van der Waals surface area contributed by atoms with Crippen molar-refractivity contribution in [3.63, 3.8) is 0 Å². The van der Waals surface area contributed by atoms with Gasteiger partial charge in [-0.25, -0.2) is 4.79 Å². The maximum absolute atomic E-state index is 10.5. The quantitative estimate of drug-likeness (QED) is 0.674. The molecule has 0 radical (unpaired) electrons. The molecule has 0 aromatic heterocycles. The smallest absolute Gasteiger partial charge is 0.316 e. The molecule has 1 aromatic rings. The highest BCUT2D eigenvalue weighted by Gasteiger charge is 2.13. The van der Waals surface area contributed by atoms with Gasteiger partial charge in [0.15, 0.2) is 11.5 Å². The molecule has 2 amide bonds. The summed E-state index contributed by atoms with van der Waals surface area (Å²) in [6.45, 7) is 0.218. The van der Waals surface area contributed by atoms with E-state index in [1.165, 1.54) is 0 Å². The molecule has 0 aliphatic carbocycles. The van der Waals surface area contributed by atoms with Crippen LogP contribution in [0.4, 0.5) is 10.5 Å². The average Bonchev–Trinajstić information content (AvgIpc) is 2.49. The van der Waals surface area contributed by atoms with Gasteiger partial charge < -0.3 is 20.5 Å². The highest BCUT2D eigenvalue weighted by Crippen LogP contribution is 2.33. The predicted molar refractivity (Wildman–Crippen MR) is 45.8 cm³/mol. The van der Waals surface area contributed by atoms with Crippen molar-refractivity contribution in [2.45, 2.75) is 0 Å². The molecule has 5 heteroatoms. The van der Waals surface area contributed by atoms with Crippen LogP contribution in [-0.2, 0) is 0 Å². The number of ether oxygens (including phenoxy) is 2. The summed E-state index contributed by atoms with van der Waals surface area (Å²) in [6, 6.07) is 4.47. The van der Waals surface area contributed by atoms with E-state index in [1.54, 1.807) is 18.2 Å². The summed E-state index contributed by atoms with van der Waals surface area (Å²) in [6.07, 6.45) is 0. The van der Waals surface area contributed by atoms with Crippen molar-refractivity contribution in [3.8, 4) is 11.5 Å². The lowest BCUT2D eigenvalue weighted by Gasteiger charge is -2.01. The van der Waals surface area contributed by atoms with Crippen LogP contribution >= 0.6 is 0 Å². The van der Waals surface area contributed by atoms with Crippen LogP contribution in [0.15, 0.2) is 18.2 Å². The molecule has 1 heterocycles. The number of nitrogens with two attached hydrogens (primary N) is 1. The number of urea groups is 1. The molecular formula is C8H8N2O3. The number of nitrogens with one attached hydrogen (secondary N) is 1. The van der Waals surface area contributed by atoms with Gasteiger partial charge in [0, 0.05) is 11.8 Å². The van der Waals surface area contributed by atoms with Crippen molar-refractivity contribution in [2.24, 2.45) is 5.73 Å². The molecule has 0 fully saturated rings. The van der Waals surface area contributed by atoms with E-state index in [0.717, 1.165) is 0 Å². The van der Waals surface area contributed by atoms with Crippen molar-refractivity contribution < 1.29 is 14.3 Å². The lowest BCUT2D eigenvalue weighted by atomic mass is 10.3. The second kappa shape index (κ2) is 2.85. The van der Waals surface area contributed by atoms with Crippen LogP contribution in [0, 0.1) is 0 Å².